The maximum atomic E-state index is 12.4. The summed E-state index contributed by atoms with van der Waals surface area (Å²) in [4.78, 5) is 24.7. The van der Waals surface area contributed by atoms with Gasteiger partial charge in [-0.2, -0.15) is 23.5 Å². The van der Waals surface area contributed by atoms with Gasteiger partial charge in [-0.15, -0.1) is 0 Å². The molecule has 42 heavy (non-hydrogen) atoms. The highest BCUT2D eigenvalue weighted by molar-refractivity contribution is 8.00. The minimum atomic E-state index is 0.0525. The van der Waals surface area contributed by atoms with E-state index in [1.54, 1.807) is 23.5 Å². The summed E-state index contributed by atoms with van der Waals surface area (Å²) in [7, 11) is 0. The van der Waals surface area contributed by atoms with Crippen molar-refractivity contribution in [3.63, 3.8) is 0 Å². The zero-order chi connectivity index (χ0) is 29.2. The molecule has 4 aromatic rings. The van der Waals surface area contributed by atoms with Gasteiger partial charge in [-0.25, -0.2) is 0 Å². The molecule has 4 aromatic carbocycles. The Bertz CT molecular complexity index is 1240. The molecule has 0 aliphatic rings. The van der Waals surface area contributed by atoms with E-state index in [1.165, 1.54) is 17.5 Å². The van der Waals surface area contributed by atoms with E-state index in [9.17, 15) is 9.59 Å². The van der Waals surface area contributed by atoms with Crippen molar-refractivity contribution in [3.8, 4) is 0 Å². The van der Waals surface area contributed by atoms with Gasteiger partial charge >= 0.3 is 0 Å². The normalized spacial score (nSPS) is 10.8. The van der Waals surface area contributed by atoms with Crippen LogP contribution in [0, 0.1) is 0 Å². The Morgan fingerprint density at radius 3 is 1.71 bits per heavy atom. The standard InChI is InChI=1S/C36H40N2O2S2/c39-35(26-31-17-19-33(20-18-31)37-32-13-7-4-8-14-32)27-41-23-9-1-2-10-24-42-28-36(40)38-34-21-15-30(16-22-34)25-29-11-5-3-6-12-29/h3-8,11-22,37H,1-2,9-10,23-28H2,(H,38,40). The van der Waals surface area contributed by atoms with E-state index in [2.05, 4.69) is 47.0 Å². The number of carbonyl (C=O) groups is 2. The van der Waals surface area contributed by atoms with E-state index in [4.69, 9.17) is 0 Å². The van der Waals surface area contributed by atoms with Gasteiger partial charge < -0.3 is 10.6 Å². The third-order valence-electron chi connectivity index (χ3n) is 6.73. The topological polar surface area (TPSA) is 58.2 Å². The van der Waals surface area contributed by atoms with Crippen molar-refractivity contribution in [3.05, 3.63) is 126 Å². The van der Waals surface area contributed by atoms with E-state index in [-0.39, 0.29) is 11.7 Å². The molecule has 0 fully saturated rings. The molecule has 0 aliphatic carbocycles. The van der Waals surface area contributed by atoms with Crippen LogP contribution in [0.2, 0.25) is 0 Å². The number of hydrogen-bond acceptors (Lipinski definition) is 5. The molecule has 0 unspecified atom stereocenters. The van der Waals surface area contributed by atoms with Crippen molar-refractivity contribution in [2.45, 2.75) is 38.5 Å². The Labute approximate surface area is 259 Å². The van der Waals surface area contributed by atoms with E-state index in [1.807, 2.05) is 72.8 Å². The Kier molecular flexibility index (Phi) is 13.6. The van der Waals surface area contributed by atoms with Crippen LogP contribution in [0.5, 0.6) is 0 Å². The summed E-state index contributed by atoms with van der Waals surface area (Å²) in [5, 5.41) is 6.37. The Morgan fingerprint density at radius 2 is 1.05 bits per heavy atom. The maximum absolute atomic E-state index is 12.4. The van der Waals surface area contributed by atoms with Crippen molar-refractivity contribution in [2.24, 2.45) is 0 Å². The molecule has 1 amide bonds. The highest BCUT2D eigenvalue weighted by Crippen LogP contribution is 2.18. The minimum absolute atomic E-state index is 0.0525. The summed E-state index contributed by atoms with van der Waals surface area (Å²) >= 11 is 3.43. The van der Waals surface area contributed by atoms with Crippen molar-refractivity contribution >= 4 is 52.3 Å². The number of anilines is 3. The predicted octanol–water partition coefficient (Wildman–Crippen LogP) is 8.80. The summed E-state index contributed by atoms with van der Waals surface area (Å²) in [6.07, 6.45) is 5.96. The lowest BCUT2D eigenvalue weighted by molar-refractivity contribution is -0.116. The first-order valence-corrected chi connectivity index (χ1v) is 17.0. The van der Waals surface area contributed by atoms with Gasteiger partial charge in [0.15, 0.2) is 0 Å². The zero-order valence-corrected chi connectivity index (χ0v) is 25.7. The van der Waals surface area contributed by atoms with Crippen LogP contribution in [-0.2, 0) is 22.4 Å². The van der Waals surface area contributed by atoms with Gasteiger partial charge in [-0.3, -0.25) is 9.59 Å². The highest BCUT2D eigenvalue weighted by Gasteiger charge is 2.06. The number of carbonyl (C=O) groups excluding carboxylic acids is 2. The van der Waals surface area contributed by atoms with Crippen LogP contribution in [0.15, 0.2) is 109 Å². The van der Waals surface area contributed by atoms with Crippen LogP contribution in [0.3, 0.4) is 0 Å². The molecule has 0 saturated carbocycles. The molecule has 2 N–H and O–H groups in total. The number of unbranched alkanes of at least 4 members (excludes halogenated alkanes) is 3. The second-order valence-electron chi connectivity index (χ2n) is 10.3. The Hall–Kier alpha value is -3.48. The molecule has 0 spiro atoms. The predicted molar refractivity (Wildman–Crippen MR) is 182 cm³/mol. The molecule has 0 saturated heterocycles. The molecule has 0 aromatic heterocycles. The average Bonchev–Trinajstić information content (AvgIpc) is 3.01. The first-order chi connectivity index (χ1) is 20.6. The first-order valence-electron chi connectivity index (χ1n) is 14.6. The summed E-state index contributed by atoms with van der Waals surface area (Å²) in [5.41, 5.74) is 6.50. The molecule has 0 radical (unpaired) electrons. The van der Waals surface area contributed by atoms with Gasteiger partial charge in [0.1, 0.15) is 5.78 Å². The fourth-order valence-corrected chi connectivity index (χ4v) is 6.21. The van der Waals surface area contributed by atoms with E-state index < -0.39 is 0 Å². The first kappa shape index (κ1) is 31.5. The highest BCUT2D eigenvalue weighted by atomic mass is 32.2. The van der Waals surface area contributed by atoms with Gasteiger partial charge in [0, 0.05) is 23.5 Å². The van der Waals surface area contributed by atoms with Crippen LogP contribution in [0.25, 0.3) is 0 Å². The lowest BCUT2D eigenvalue weighted by atomic mass is 10.0. The largest absolute Gasteiger partial charge is 0.356 e. The summed E-state index contributed by atoms with van der Waals surface area (Å²) < 4.78 is 0. The molecular weight excluding hydrogens is 557 g/mol. The average molecular weight is 597 g/mol. The van der Waals surface area contributed by atoms with E-state index in [0.717, 1.165) is 59.8 Å². The molecule has 4 rings (SSSR count). The van der Waals surface area contributed by atoms with Gasteiger partial charge in [-0.1, -0.05) is 85.6 Å². The van der Waals surface area contributed by atoms with Gasteiger partial charge in [-0.05, 0) is 83.9 Å². The number of benzene rings is 4. The lowest BCUT2D eigenvalue weighted by Gasteiger charge is -2.08. The minimum Gasteiger partial charge on any atom is -0.356 e. The summed E-state index contributed by atoms with van der Waals surface area (Å²) in [5.74, 6) is 3.40. The van der Waals surface area contributed by atoms with Crippen LogP contribution < -0.4 is 10.6 Å². The number of Topliss-reactive ketones (excluding diaryl/α,β-unsaturated/α-hetero) is 1. The van der Waals surface area contributed by atoms with E-state index in [0.29, 0.717) is 17.9 Å². The molecule has 4 nitrogen and oxygen atoms in total. The Balaban J connectivity index is 0.972. The molecule has 0 bridgehead atoms. The second-order valence-corrected chi connectivity index (χ2v) is 12.5. The third-order valence-corrected chi connectivity index (χ3v) is 8.88. The molecule has 218 valence electrons. The SMILES string of the molecule is O=C(CSCCCCCCSCC(=O)Nc1ccc(Cc2ccccc2)cc1)Cc1ccc(Nc2ccccc2)cc1. The number of rotatable bonds is 18. The van der Waals surface area contributed by atoms with Crippen molar-refractivity contribution < 1.29 is 9.59 Å². The third kappa shape index (κ3) is 12.2. The smallest absolute Gasteiger partial charge is 0.234 e. The number of ketones is 1. The zero-order valence-electron chi connectivity index (χ0n) is 24.1. The number of thioether (sulfide) groups is 2. The molecular formula is C36H40N2O2S2. The Morgan fingerprint density at radius 1 is 0.524 bits per heavy atom. The number of amides is 1. The van der Waals surface area contributed by atoms with Gasteiger partial charge in [0.05, 0.1) is 11.5 Å². The monoisotopic (exact) mass is 596 g/mol. The summed E-state index contributed by atoms with van der Waals surface area (Å²) in [6, 6.07) is 36.7. The number of nitrogens with one attached hydrogen (secondary N) is 2. The van der Waals surface area contributed by atoms with Gasteiger partial charge in [0.2, 0.25) is 5.91 Å². The molecule has 0 atom stereocenters. The quantitative estimate of drug-likeness (QED) is 0.112. The van der Waals surface area contributed by atoms with Crippen molar-refractivity contribution in [1.29, 1.82) is 0 Å². The fraction of sp³-hybridized carbons (Fsp3) is 0.278. The van der Waals surface area contributed by atoms with Gasteiger partial charge in [0.25, 0.3) is 0 Å². The lowest BCUT2D eigenvalue weighted by Crippen LogP contribution is -2.14. The molecule has 0 aliphatic heterocycles. The fourth-order valence-electron chi connectivity index (χ4n) is 4.52. The van der Waals surface area contributed by atoms with Crippen molar-refractivity contribution in [1.82, 2.24) is 0 Å². The number of hydrogen-bond donors (Lipinski definition) is 2. The molecule has 6 heteroatoms. The van der Waals surface area contributed by atoms with Crippen LogP contribution in [0.1, 0.15) is 42.4 Å². The number of para-hydroxylation sites is 1. The summed E-state index contributed by atoms with van der Waals surface area (Å²) in [6.45, 7) is 0. The second kappa shape index (κ2) is 18.1. The van der Waals surface area contributed by atoms with Crippen LogP contribution in [-0.4, -0.2) is 34.7 Å². The van der Waals surface area contributed by atoms with Crippen molar-refractivity contribution in [2.75, 3.05) is 33.6 Å². The van der Waals surface area contributed by atoms with Crippen LogP contribution >= 0.6 is 23.5 Å². The maximum Gasteiger partial charge on any atom is 0.234 e. The van der Waals surface area contributed by atoms with E-state index >= 15 is 0 Å². The van der Waals surface area contributed by atoms with Crippen LogP contribution in [0.4, 0.5) is 17.1 Å². The molecule has 0 heterocycles.